The van der Waals surface area contributed by atoms with Crippen LogP contribution in [0.3, 0.4) is 0 Å². The van der Waals surface area contributed by atoms with Gasteiger partial charge in [0.2, 0.25) is 0 Å². The van der Waals surface area contributed by atoms with Gasteiger partial charge in [0.15, 0.2) is 0 Å². The quantitative estimate of drug-likeness (QED) is 0.861. The number of benzene rings is 1. The lowest BCUT2D eigenvalue weighted by Gasteiger charge is -2.01. The molecular weight excluding hydrogens is 233 g/mol. The first-order valence-electron chi connectivity index (χ1n) is 5.55. The SMILES string of the molecule is N#Cc1ccc(CCc2ncc(CO)[nH]2)cc1F. The minimum absolute atomic E-state index is 0.0549. The number of aryl methyl sites for hydroxylation is 2. The number of aliphatic hydroxyl groups excluding tert-OH is 1. The van der Waals surface area contributed by atoms with E-state index in [1.54, 1.807) is 18.3 Å². The van der Waals surface area contributed by atoms with Crippen molar-refractivity contribution in [1.82, 2.24) is 9.97 Å². The van der Waals surface area contributed by atoms with Crippen LogP contribution in [0.5, 0.6) is 0 Å². The van der Waals surface area contributed by atoms with Crippen LogP contribution < -0.4 is 0 Å². The highest BCUT2D eigenvalue weighted by Gasteiger charge is 2.04. The number of nitriles is 1. The van der Waals surface area contributed by atoms with E-state index < -0.39 is 5.82 Å². The number of rotatable bonds is 4. The number of H-pyrrole nitrogens is 1. The van der Waals surface area contributed by atoms with Gasteiger partial charge in [0.1, 0.15) is 17.7 Å². The molecule has 0 saturated heterocycles. The number of imidazole rings is 1. The molecule has 0 spiro atoms. The van der Waals surface area contributed by atoms with Crippen LogP contribution >= 0.6 is 0 Å². The maximum Gasteiger partial charge on any atom is 0.141 e. The zero-order chi connectivity index (χ0) is 13.0. The summed E-state index contributed by atoms with van der Waals surface area (Å²) < 4.78 is 13.4. The van der Waals surface area contributed by atoms with Crippen molar-refractivity contribution in [3.63, 3.8) is 0 Å². The summed E-state index contributed by atoms with van der Waals surface area (Å²) >= 11 is 0. The van der Waals surface area contributed by atoms with Crippen LogP contribution in [0.4, 0.5) is 4.39 Å². The molecule has 18 heavy (non-hydrogen) atoms. The topological polar surface area (TPSA) is 72.7 Å². The number of halogens is 1. The van der Waals surface area contributed by atoms with Crippen molar-refractivity contribution in [2.45, 2.75) is 19.4 Å². The summed E-state index contributed by atoms with van der Waals surface area (Å²) in [5.41, 5.74) is 1.53. The van der Waals surface area contributed by atoms with Crippen LogP contribution in [0, 0.1) is 17.1 Å². The summed E-state index contributed by atoms with van der Waals surface area (Å²) in [5, 5.41) is 17.5. The molecule has 0 atom stereocenters. The van der Waals surface area contributed by atoms with Gasteiger partial charge < -0.3 is 10.1 Å². The first-order chi connectivity index (χ1) is 8.72. The summed E-state index contributed by atoms with van der Waals surface area (Å²) in [5.74, 6) is 0.259. The largest absolute Gasteiger partial charge is 0.390 e. The molecule has 4 nitrogen and oxygen atoms in total. The predicted octanol–water partition coefficient (Wildman–Crippen LogP) is 1.70. The zero-order valence-corrected chi connectivity index (χ0v) is 9.65. The van der Waals surface area contributed by atoms with Crippen molar-refractivity contribution >= 4 is 0 Å². The highest BCUT2D eigenvalue weighted by Crippen LogP contribution is 2.11. The predicted molar refractivity (Wildman–Crippen MR) is 63.0 cm³/mol. The molecule has 0 aliphatic heterocycles. The van der Waals surface area contributed by atoms with Gasteiger partial charge in [-0.1, -0.05) is 6.07 Å². The van der Waals surface area contributed by atoms with Crippen molar-refractivity contribution in [1.29, 1.82) is 5.26 Å². The van der Waals surface area contributed by atoms with Gasteiger partial charge >= 0.3 is 0 Å². The molecular formula is C13H12FN3O. The average molecular weight is 245 g/mol. The second-order valence-corrected chi connectivity index (χ2v) is 3.94. The monoisotopic (exact) mass is 245 g/mol. The fourth-order valence-corrected chi connectivity index (χ4v) is 1.68. The van der Waals surface area contributed by atoms with Crippen LogP contribution in [-0.2, 0) is 19.4 Å². The van der Waals surface area contributed by atoms with Crippen LogP contribution in [-0.4, -0.2) is 15.1 Å². The molecule has 92 valence electrons. The van der Waals surface area contributed by atoms with Gasteiger partial charge in [-0.3, -0.25) is 0 Å². The van der Waals surface area contributed by atoms with Gasteiger partial charge in [-0.05, 0) is 24.1 Å². The molecule has 0 radical (unpaired) electrons. The first kappa shape index (κ1) is 12.3. The molecule has 0 amide bonds. The minimum atomic E-state index is -0.495. The van der Waals surface area contributed by atoms with Gasteiger partial charge in [-0.15, -0.1) is 0 Å². The lowest BCUT2D eigenvalue weighted by atomic mass is 10.1. The maximum atomic E-state index is 13.4. The van der Waals surface area contributed by atoms with E-state index in [9.17, 15) is 4.39 Å². The molecule has 1 aromatic heterocycles. The molecule has 5 heteroatoms. The van der Waals surface area contributed by atoms with E-state index in [0.717, 1.165) is 11.4 Å². The van der Waals surface area contributed by atoms with Gasteiger partial charge in [0, 0.05) is 6.42 Å². The highest BCUT2D eigenvalue weighted by atomic mass is 19.1. The lowest BCUT2D eigenvalue weighted by Crippen LogP contribution is -1.95. The van der Waals surface area contributed by atoms with Crippen molar-refractivity contribution in [2.75, 3.05) is 0 Å². The van der Waals surface area contributed by atoms with Crippen LogP contribution in [0.25, 0.3) is 0 Å². The number of aromatic amines is 1. The third-order valence-corrected chi connectivity index (χ3v) is 2.66. The molecule has 2 rings (SSSR count). The number of aromatic nitrogens is 2. The Morgan fingerprint density at radius 3 is 2.83 bits per heavy atom. The van der Waals surface area contributed by atoms with Crippen molar-refractivity contribution in [3.05, 3.63) is 52.9 Å². The molecule has 0 fully saturated rings. The first-order valence-corrected chi connectivity index (χ1v) is 5.55. The Kier molecular flexibility index (Phi) is 3.70. The lowest BCUT2D eigenvalue weighted by molar-refractivity contribution is 0.277. The summed E-state index contributed by atoms with van der Waals surface area (Å²) in [7, 11) is 0. The van der Waals surface area contributed by atoms with Crippen LogP contribution in [0.2, 0.25) is 0 Å². The van der Waals surface area contributed by atoms with Gasteiger partial charge in [0.25, 0.3) is 0 Å². The number of aliphatic hydroxyl groups is 1. The smallest absolute Gasteiger partial charge is 0.141 e. The van der Waals surface area contributed by atoms with E-state index in [4.69, 9.17) is 10.4 Å². The van der Waals surface area contributed by atoms with Crippen LogP contribution in [0.1, 0.15) is 22.6 Å². The maximum absolute atomic E-state index is 13.4. The molecule has 1 aromatic carbocycles. The molecule has 0 saturated carbocycles. The van der Waals surface area contributed by atoms with E-state index in [2.05, 4.69) is 9.97 Å². The minimum Gasteiger partial charge on any atom is -0.390 e. The number of hydrogen-bond donors (Lipinski definition) is 2. The van der Waals surface area contributed by atoms with E-state index in [0.29, 0.717) is 18.5 Å². The van der Waals surface area contributed by atoms with Crippen LogP contribution in [0.15, 0.2) is 24.4 Å². The standard InChI is InChI=1S/C13H12FN3O/c14-12-5-9(1-3-10(12)6-15)2-4-13-16-7-11(8-18)17-13/h1,3,5,7,18H,2,4,8H2,(H,16,17). The second-order valence-electron chi connectivity index (χ2n) is 3.94. The number of nitrogens with zero attached hydrogens (tertiary/aromatic N) is 2. The highest BCUT2D eigenvalue weighted by molar-refractivity contribution is 5.33. The Balaban J connectivity index is 2.02. The Morgan fingerprint density at radius 1 is 1.39 bits per heavy atom. The van der Waals surface area contributed by atoms with E-state index in [1.165, 1.54) is 12.1 Å². The molecule has 0 unspecified atom stereocenters. The van der Waals surface area contributed by atoms with Crippen molar-refractivity contribution < 1.29 is 9.50 Å². The van der Waals surface area contributed by atoms with E-state index in [-0.39, 0.29) is 12.2 Å². The second kappa shape index (κ2) is 5.43. The summed E-state index contributed by atoms with van der Waals surface area (Å²) in [4.78, 5) is 7.06. The summed E-state index contributed by atoms with van der Waals surface area (Å²) in [6.45, 7) is -0.0709. The summed E-state index contributed by atoms with van der Waals surface area (Å²) in [6.07, 6.45) is 2.83. The van der Waals surface area contributed by atoms with Gasteiger partial charge in [-0.2, -0.15) is 5.26 Å². The third-order valence-electron chi connectivity index (χ3n) is 2.66. The molecule has 0 aliphatic rings. The van der Waals surface area contributed by atoms with E-state index in [1.807, 2.05) is 0 Å². The number of nitrogens with one attached hydrogen (secondary N) is 1. The third kappa shape index (κ3) is 2.73. The molecule has 2 aromatic rings. The van der Waals surface area contributed by atoms with Crippen molar-refractivity contribution in [3.8, 4) is 6.07 Å². The zero-order valence-electron chi connectivity index (χ0n) is 9.65. The van der Waals surface area contributed by atoms with Crippen molar-refractivity contribution in [2.24, 2.45) is 0 Å². The molecule has 2 N–H and O–H groups in total. The molecule has 0 bridgehead atoms. The Hall–Kier alpha value is -2.19. The normalized spacial score (nSPS) is 10.3. The number of hydrogen-bond acceptors (Lipinski definition) is 3. The molecule has 1 heterocycles. The summed E-state index contributed by atoms with van der Waals surface area (Å²) in [6, 6.07) is 6.37. The fourth-order valence-electron chi connectivity index (χ4n) is 1.68. The fraction of sp³-hybridized carbons (Fsp3) is 0.231. The Labute approximate surface area is 104 Å². The Bertz CT molecular complexity index is 586. The van der Waals surface area contributed by atoms with Gasteiger partial charge in [-0.25, -0.2) is 9.37 Å². The van der Waals surface area contributed by atoms with E-state index >= 15 is 0 Å². The van der Waals surface area contributed by atoms with Gasteiger partial charge in [0.05, 0.1) is 24.1 Å². The average Bonchev–Trinajstić information content (AvgIpc) is 2.84. The molecule has 0 aliphatic carbocycles. The Morgan fingerprint density at radius 2 is 2.22 bits per heavy atom.